The van der Waals surface area contributed by atoms with Gasteiger partial charge in [0.1, 0.15) is 11.6 Å². The number of rotatable bonds is 4. The lowest BCUT2D eigenvalue weighted by Crippen LogP contribution is -2.40. The van der Waals surface area contributed by atoms with Crippen molar-refractivity contribution < 1.29 is 13.6 Å². The Morgan fingerprint density at radius 3 is 2.84 bits per heavy atom. The van der Waals surface area contributed by atoms with Crippen molar-refractivity contribution in [3.8, 4) is 0 Å². The molecule has 1 saturated carbocycles. The number of halogens is 2. The fraction of sp³-hybridized carbons (Fsp3) is 0.500. The molecule has 0 radical (unpaired) electrons. The lowest BCUT2D eigenvalue weighted by Gasteiger charge is -2.23. The van der Waals surface area contributed by atoms with Crippen molar-refractivity contribution >= 4 is 5.91 Å². The molecule has 2 N–H and O–H groups in total. The molecule has 3 nitrogen and oxygen atoms in total. The normalized spacial score (nSPS) is 23.0. The average Bonchev–Trinajstić information content (AvgIpc) is 3.19. The maximum absolute atomic E-state index is 13.6. The maximum atomic E-state index is 13.6. The Hall–Kier alpha value is -1.49. The second-order valence-corrected chi connectivity index (χ2v) is 5.15. The van der Waals surface area contributed by atoms with E-state index in [1.165, 1.54) is 6.07 Å². The van der Waals surface area contributed by atoms with E-state index in [9.17, 15) is 13.6 Å². The van der Waals surface area contributed by atoms with Crippen LogP contribution < -0.4 is 5.73 Å². The van der Waals surface area contributed by atoms with Crippen molar-refractivity contribution in [2.45, 2.75) is 25.3 Å². The van der Waals surface area contributed by atoms with Crippen molar-refractivity contribution in [3.05, 3.63) is 35.4 Å². The van der Waals surface area contributed by atoms with Crippen LogP contribution in [0.2, 0.25) is 0 Å². The minimum atomic E-state index is -0.474. The van der Waals surface area contributed by atoms with Crippen molar-refractivity contribution in [2.24, 2.45) is 11.7 Å². The predicted molar refractivity (Wildman–Crippen MR) is 68.5 cm³/mol. The van der Waals surface area contributed by atoms with Gasteiger partial charge >= 0.3 is 0 Å². The van der Waals surface area contributed by atoms with Crippen LogP contribution in [0, 0.1) is 17.6 Å². The van der Waals surface area contributed by atoms with Gasteiger partial charge < -0.3 is 10.6 Å². The summed E-state index contributed by atoms with van der Waals surface area (Å²) in [5.74, 6) is -1.44. The third-order valence-corrected chi connectivity index (χ3v) is 3.82. The average molecular weight is 268 g/mol. The number of carbonyl (C=O) groups is 1. The number of amides is 1. The van der Waals surface area contributed by atoms with E-state index in [4.69, 9.17) is 5.73 Å². The Kier molecular flexibility index (Phi) is 3.85. The van der Waals surface area contributed by atoms with Crippen molar-refractivity contribution in [3.63, 3.8) is 0 Å². The van der Waals surface area contributed by atoms with Gasteiger partial charge in [0.05, 0.1) is 0 Å². The van der Waals surface area contributed by atoms with Gasteiger partial charge in [0, 0.05) is 25.6 Å². The minimum absolute atomic E-state index is 0.0494. The quantitative estimate of drug-likeness (QED) is 0.906. The van der Waals surface area contributed by atoms with E-state index in [0.717, 1.165) is 12.1 Å². The molecule has 5 heteroatoms. The molecule has 0 heterocycles. The molecule has 19 heavy (non-hydrogen) atoms. The van der Waals surface area contributed by atoms with Gasteiger partial charge in [-0.3, -0.25) is 4.79 Å². The fourth-order valence-corrected chi connectivity index (χ4v) is 2.25. The Morgan fingerprint density at radius 2 is 2.21 bits per heavy atom. The SMILES string of the molecule is CC(CN)N(C)C(=O)C1CC1c1cc(F)ccc1F. The molecule has 1 fully saturated rings. The molecule has 0 saturated heterocycles. The molecule has 0 aromatic heterocycles. The standard InChI is InChI=1S/C14H18F2N2O/c1-8(7-17)18(2)14(19)12-6-10(12)11-5-9(15)3-4-13(11)16/h3-5,8,10,12H,6-7,17H2,1-2H3. The zero-order valence-corrected chi connectivity index (χ0v) is 11.1. The highest BCUT2D eigenvalue weighted by Crippen LogP contribution is 2.49. The van der Waals surface area contributed by atoms with E-state index in [1.54, 1.807) is 11.9 Å². The van der Waals surface area contributed by atoms with Crippen LogP contribution in [0.4, 0.5) is 8.78 Å². The number of carbonyl (C=O) groups excluding carboxylic acids is 1. The Bertz CT molecular complexity index is 492. The van der Waals surface area contributed by atoms with Gasteiger partial charge in [0.25, 0.3) is 0 Å². The largest absolute Gasteiger partial charge is 0.342 e. The topological polar surface area (TPSA) is 46.3 Å². The number of benzene rings is 1. The third-order valence-electron chi connectivity index (χ3n) is 3.82. The summed E-state index contributed by atoms with van der Waals surface area (Å²) in [4.78, 5) is 13.7. The van der Waals surface area contributed by atoms with Crippen LogP contribution in [0.5, 0.6) is 0 Å². The third kappa shape index (κ3) is 2.76. The number of nitrogens with zero attached hydrogens (tertiary/aromatic N) is 1. The summed E-state index contributed by atoms with van der Waals surface area (Å²) in [6.45, 7) is 2.24. The predicted octanol–water partition coefficient (Wildman–Crippen LogP) is 1.87. The van der Waals surface area contributed by atoms with Crippen LogP contribution in [0.1, 0.15) is 24.8 Å². The molecule has 3 atom stereocenters. The van der Waals surface area contributed by atoms with Crippen molar-refractivity contribution in [2.75, 3.05) is 13.6 Å². The molecular formula is C14H18F2N2O. The highest BCUT2D eigenvalue weighted by Gasteiger charge is 2.46. The van der Waals surface area contributed by atoms with E-state index < -0.39 is 11.6 Å². The van der Waals surface area contributed by atoms with Gasteiger partial charge in [-0.25, -0.2) is 8.78 Å². The van der Waals surface area contributed by atoms with Crippen LogP contribution in [0.25, 0.3) is 0 Å². The number of hydrogen-bond acceptors (Lipinski definition) is 2. The zero-order valence-electron chi connectivity index (χ0n) is 11.1. The summed E-state index contributed by atoms with van der Waals surface area (Å²) in [7, 11) is 1.69. The minimum Gasteiger partial charge on any atom is -0.342 e. The van der Waals surface area contributed by atoms with E-state index in [2.05, 4.69) is 0 Å². The lowest BCUT2D eigenvalue weighted by atomic mass is 10.1. The number of nitrogens with two attached hydrogens (primary N) is 1. The molecule has 2 rings (SSSR count). The maximum Gasteiger partial charge on any atom is 0.226 e. The molecule has 0 aliphatic heterocycles. The van der Waals surface area contributed by atoms with E-state index in [0.29, 0.717) is 18.5 Å². The molecule has 1 amide bonds. The molecule has 1 aliphatic carbocycles. The second-order valence-electron chi connectivity index (χ2n) is 5.15. The zero-order chi connectivity index (χ0) is 14.2. The Morgan fingerprint density at radius 1 is 1.53 bits per heavy atom. The molecule has 0 spiro atoms. The van der Waals surface area contributed by atoms with Gasteiger partial charge in [-0.1, -0.05) is 0 Å². The summed E-state index contributed by atoms with van der Waals surface area (Å²) in [5, 5.41) is 0. The van der Waals surface area contributed by atoms with E-state index in [-0.39, 0.29) is 23.8 Å². The van der Waals surface area contributed by atoms with Crippen LogP contribution in [-0.2, 0) is 4.79 Å². The molecule has 1 aromatic rings. The summed E-state index contributed by atoms with van der Waals surface area (Å²) < 4.78 is 26.7. The first-order chi connectivity index (χ1) is 8.95. The van der Waals surface area contributed by atoms with Gasteiger partial charge in [0.15, 0.2) is 0 Å². The highest BCUT2D eigenvalue weighted by molar-refractivity contribution is 5.83. The molecule has 1 aromatic carbocycles. The molecule has 0 bridgehead atoms. The van der Waals surface area contributed by atoms with Gasteiger partial charge in [-0.05, 0) is 43.0 Å². The Labute approximate surface area is 111 Å². The van der Waals surface area contributed by atoms with Crippen LogP contribution in [0.15, 0.2) is 18.2 Å². The van der Waals surface area contributed by atoms with Gasteiger partial charge in [-0.15, -0.1) is 0 Å². The number of hydrogen-bond donors (Lipinski definition) is 1. The smallest absolute Gasteiger partial charge is 0.226 e. The summed E-state index contributed by atoms with van der Waals surface area (Å²) in [6, 6.07) is 3.32. The first-order valence-electron chi connectivity index (χ1n) is 6.37. The molecule has 104 valence electrons. The van der Waals surface area contributed by atoms with E-state index in [1.807, 2.05) is 6.92 Å². The van der Waals surface area contributed by atoms with E-state index >= 15 is 0 Å². The van der Waals surface area contributed by atoms with Crippen LogP contribution in [-0.4, -0.2) is 30.4 Å². The summed E-state index contributed by atoms with van der Waals surface area (Å²) in [6.07, 6.45) is 0.570. The summed E-state index contributed by atoms with van der Waals surface area (Å²) in [5.41, 5.74) is 5.82. The molecule has 3 unspecified atom stereocenters. The van der Waals surface area contributed by atoms with Gasteiger partial charge in [-0.2, -0.15) is 0 Å². The first-order valence-corrected chi connectivity index (χ1v) is 6.37. The van der Waals surface area contributed by atoms with Crippen LogP contribution in [0.3, 0.4) is 0 Å². The Balaban J connectivity index is 2.08. The summed E-state index contributed by atoms with van der Waals surface area (Å²) >= 11 is 0. The monoisotopic (exact) mass is 268 g/mol. The van der Waals surface area contributed by atoms with Crippen molar-refractivity contribution in [1.29, 1.82) is 0 Å². The first kappa shape index (κ1) is 13.9. The molecule has 1 aliphatic rings. The molecular weight excluding hydrogens is 250 g/mol. The van der Waals surface area contributed by atoms with Crippen LogP contribution >= 0.6 is 0 Å². The lowest BCUT2D eigenvalue weighted by molar-refractivity contribution is -0.133. The van der Waals surface area contributed by atoms with Gasteiger partial charge in [0.2, 0.25) is 5.91 Å². The fourth-order valence-electron chi connectivity index (χ4n) is 2.25. The number of likely N-dealkylation sites (N-methyl/N-ethyl adjacent to an activating group) is 1. The highest BCUT2D eigenvalue weighted by atomic mass is 19.1. The van der Waals surface area contributed by atoms with Crippen molar-refractivity contribution in [1.82, 2.24) is 4.90 Å². The second kappa shape index (κ2) is 5.25.